The Bertz CT molecular complexity index is 621. The maximum Gasteiger partial charge on any atom is 0.241 e. The summed E-state index contributed by atoms with van der Waals surface area (Å²) in [5.41, 5.74) is 7.12. The van der Waals surface area contributed by atoms with Crippen LogP contribution in [0.1, 0.15) is 12.2 Å². The number of carbonyl (C=O) groups is 1. The number of hydrogen-bond acceptors (Lipinski definition) is 5. The zero-order chi connectivity index (χ0) is 14.5. The minimum Gasteiger partial charge on any atom is -0.325 e. The lowest BCUT2D eigenvalue weighted by atomic mass is 10.2. The first-order valence-electron chi connectivity index (χ1n) is 6.14. The van der Waals surface area contributed by atoms with E-state index in [-0.39, 0.29) is 5.91 Å². The van der Waals surface area contributed by atoms with E-state index in [1.165, 1.54) is 0 Å². The van der Waals surface area contributed by atoms with Gasteiger partial charge >= 0.3 is 0 Å². The molecule has 0 aliphatic rings. The van der Waals surface area contributed by atoms with Crippen molar-refractivity contribution in [1.29, 1.82) is 0 Å². The van der Waals surface area contributed by atoms with Crippen molar-refractivity contribution in [3.05, 3.63) is 42.7 Å². The Hall–Kier alpha value is -2.54. The Morgan fingerprint density at radius 3 is 3.05 bits per heavy atom. The largest absolute Gasteiger partial charge is 0.325 e. The van der Waals surface area contributed by atoms with Gasteiger partial charge in [0.25, 0.3) is 0 Å². The molecule has 7 heteroatoms. The van der Waals surface area contributed by atoms with Gasteiger partial charge in [0.05, 0.1) is 11.7 Å². The van der Waals surface area contributed by atoms with Gasteiger partial charge in [0, 0.05) is 5.69 Å². The SMILES string of the molecule is C=CCC(N)C(=O)Nc1cccc(-n2nnnc2C)c1. The third kappa shape index (κ3) is 3.07. The maximum absolute atomic E-state index is 11.8. The van der Waals surface area contributed by atoms with Crippen molar-refractivity contribution < 1.29 is 4.79 Å². The third-order valence-electron chi connectivity index (χ3n) is 2.74. The van der Waals surface area contributed by atoms with Gasteiger partial charge in [0.1, 0.15) is 0 Å². The number of nitrogens with one attached hydrogen (secondary N) is 1. The van der Waals surface area contributed by atoms with E-state index >= 15 is 0 Å². The molecule has 0 saturated heterocycles. The summed E-state index contributed by atoms with van der Waals surface area (Å²) in [5.74, 6) is 0.410. The summed E-state index contributed by atoms with van der Waals surface area (Å²) in [6.45, 7) is 5.36. The fourth-order valence-corrected chi connectivity index (χ4v) is 1.71. The van der Waals surface area contributed by atoms with Crippen LogP contribution in [-0.2, 0) is 4.79 Å². The lowest BCUT2D eigenvalue weighted by Crippen LogP contribution is -2.35. The van der Waals surface area contributed by atoms with Crippen LogP contribution < -0.4 is 11.1 Å². The van der Waals surface area contributed by atoms with Gasteiger partial charge in [-0.2, -0.15) is 4.68 Å². The molecule has 7 nitrogen and oxygen atoms in total. The molecule has 0 spiro atoms. The van der Waals surface area contributed by atoms with Gasteiger partial charge in [-0.25, -0.2) is 0 Å². The number of nitrogens with zero attached hydrogens (tertiary/aromatic N) is 4. The van der Waals surface area contributed by atoms with E-state index < -0.39 is 6.04 Å². The summed E-state index contributed by atoms with van der Waals surface area (Å²) in [6, 6.07) is 6.61. The minimum absolute atomic E-state index is 0.254. The predicted octanol–water partition coefficient (Wildman–Crippen LogP) is 0.813. The number of nitrogens with two attached hydrogens (primary N) is 1. The molecule has 0 fully saturated rings. The smallest absolute Gasteiger partial charge is 0.241 e. The van der Waals surface area contributed by atoms with E-state index in [1.54, 1.807) is 29.8 Å². The molecule has 0 saturated carbocycles. The Kier molecular flexibility index (Phi) is 4.21. The second kappa shape index (κ2) is 6.07. The standard InChI is InChI=1S/C13H16N6O/c1-3-5-12(14)13(20)15-10-6-4-7-11(8-10)19-9(2)16-17-18-19/h3-4,6-8,12H,1,5,14H2,2H3,(H,15,20). The van der Waals surface area contributed by atoms with Crippen molar-refractivity contribution in [2.75, 3.05) is 5.32 Å². The number of rotatable bonds is 5. The summed E-state index contributed by atoms with van der Waals surface area (Å²) >= 11 is 0. The molecule has 104 valence electrons. The molecule has 0 aliphatic heterocycles. The number of hydrogen-bond donors (Lipinski definition) is 2. The second-order valence-corrected chi connectivity index (χ2v) is 4.31. The van der Waals surface area contributed by atoms with Gasteiger partial charge in [-0.15, -0.1) is 11.7 Å². The molecule has 0 radical (unpaired) electrons. The van der Waals surface area contributed by atoms with E-state index in [0.717, 1.165) is 5.69 Å². The first-order valence-corrected chi connectivity index (χ1v) is 6.14. The molecule has 0 bridgehead atoms. The van der Waals surface area contributed by atoms with Gasteiger partial charge in [-0.1, -0.05) is 12.1 Å². The van der Waals surface area contributed by atoms with Crippen LogP contribution in [0, 0.1) is 6.92 Å². The Morgan fingerprint density at radius 2 is 2.40 bits per heavy atom. The van der Waals surface area contributed by atoms with E-state index in [0.29, 0.717) is 17.9 Å². The molecule has 0 aliphatic carbocycles. The van der Waals surface area contributed by atoms with Crippen LogP contribution in [0.5, 0.6) is 0 Å². The molecule has 1 aromatic heterocycles. The Morgan fingerprint density at radius 1 is 1.60 bits per heavy atom. The van der Waals surface area contributed by atoms with Crippen LogP contribution in [-0.4, -0.2) is 32.2 Å². The highest BCUT2D eigenvalue weighted by Crippen LogP contribution is 2.14. The molecule has 1 amide bonds. The van der Waals surface area contributed by atoms with Crippen molar-refractivity contribution in [1.82, 2.24) is 20.2 Å². The van der Waals surface area contributed by atoms with Crippen molar-refractivity contribution >= 4 is 11.6 Å². The summed E-state index contributed by atoms with van der Waals surface area (Å²) in [7, 11) is 0. The fraction of sp³-hybridized carbons (Fsp3) is 0.231. The first-order chi connectivity index (χ1) is 9.61. The van der Waals surface area contributed by atoms with Crippen LogP contribution in [0.2, 0.25) is 0 Å². The van der Waals surface area contributed by atoms with Crippen molar-refractivity contribution in [3.8, 4) is 5.69 Å². The quantitative estimate of drug-likeness (QED) is 0.785. The number of anilines is 1. The fourth-order valence-electron chi connectivity index (χ4n) is 1.71. The normalized spacial score (nSPS) is 11.9. The average Bonchev–Trinajstić information content (AvgIpc) is 2.85. The molecular weight excluding hydrogens is 256 g/mol. The third-order valence-corrected chi connectivity index (χ3v) is 2.74. The van der Waals surface area contributed by atoms with Gasteiger partial charge < -0.3 is 11.1 Å². The molecule has 1 heterocycles. The molecule has 1 aromatic carbocycles. The second-order valence-electron chi connectivity index (χ2n) is 4.31. The summed E-state index contributed by atoms with van der Waals surface area (Å²) in [6.07, 6.45) is 2.04. The van der Waals surface area contributed by atoms with Crippen LogP contribution in [0.25, 0.3) is 5.69 Å². The van der Waals surface area contributed by atoms with Crippen LogP contribution in [0.3, 0.4) is 0 Å². The van der Waals surface area contributed by atoms with Crippen molar-refractivity contribution in [2.24, 2.45) is 5.73 Å². The van der Waals surface area contributed by atoms with Crippen LogP contribution in [0.4, 0.5) is 5.69 Å². The van der Waals surface area contributed by atoms with Crippen molar-refractivity contribution in [2.45, 2.75) is 19.4 Å². The number of amides is 1. The lowest BCUT2D eigenvalue weighted by molar-refractivity contribution is -0.117. The summed E-state index contributed by atoms with van der Waals surface area (Å²) in [4.78, 5) is 11.8. The van der Waals surface area contributed by atoms with E-state index in [4.69, 9.17) is 5.73 Å². The van der Waals surface area contributed by atoms with Crippen LogP contribution >= 0.6 is 0 Å². The monoisotopic (exact) mass is 272 g/mol. The molecular formula is C13H16N6O. The molecule has 2 rings (SSSR count). The van der Waals surface area contributed by atoms with Gasteiger partial charge in [-0.3, -0.25) is 4.79 Å². The highest BCUT2D eigenvalue weighted by atomic mass is 16.2. The zero-order valence-corrected chi connectivity index (χ0v) is 11.2. The van der Waals surface area contributed by atoms with Crippen molar-refractivity contribution in [3.63, 3.8) is 0 Å². The predicted molar refractivity (Wildman–Crippen MR) is 75.3 cm³/mol. The summed E-state index contributed by atoms with van der Waals surface area (Å²) < 4.78 is 1.58. The highest BCUT2D eigenvalue weighted by Gasteiger charge is 2.12. The number of carbonyl (C=O) groups excluding carboxylic acids is 1. The highest BCUT2D eigenvalue weighted by molar-refractivity contribution is 5.94. The Labute approximate surface area is 116 Å². The molecule has 2 aromatic rings. The lowest BCUT2D eigenvalue weighted by Gasteiger charge is -2.11. The Balaban J connectivity index is 2.17. The number of tetrazole rings is 1. The van der Waals surface area contributed by atoms with Crippen LogP contribution in [0.15, 0.2) is 36.9 Å². The number of benzene rings is 1. The van der Waals surface area contributed by atoms with E-state index in [2.05, 4.69) is 27.4 Å². The molecule has 1 atom stereocenters. The van der Waals surface area contributed by atoms with Gasteiger partial charge in [0.15, 0.2) is 5.82 Å². The first kappa shape index (κ1) is 13.9. The number of aromatic nitrogens is 4. The average molecular weight is 272 g/mol. The minimum atomic E-state index is -0.606. The van der Waals surface area contributed by atoms with E-state index in [9.17, 15) is 4.79 Å². The molecule has 20 heavy (non-hydrogen) atoms. The van der Waals surface area contributed by atoms with Gasteiger partial charge in [-0.05, 0) is 42.0 Å². The zero-order valence-electron chi connectivity index (χ0n) is 11.2. The summed E-state index contributed by atoms with van der Waals surface area (Å²) in [5, 5.41) is 14.0. The molecule has 1 unspecified atom stereocenters. The topological polar surface area (TPSA) is 98.7 Å². The molecule has 3 N–H and O–H groups in total. The maximum atomic E-state index is 11.8. The van der Waals surface area contributed by atoms with E-state index in [1.807, 2.05) is 12.1 Å². The number of aryl methyl sites for hydroxylation is 1. The van der Waals surface area contributed by atoms with Gasteiger partial charge in [0.2, 0.25) is 5.91 Å².